The van der Waals surface area contributed by atoms with E-state index in [1.54, 1.807) is 11.0 Å². The van der Waals surface area contributed by atoms with Crippen molar-refractivity contribution in [3.63, 3.8) is 0 Å². The lowest BCUT2D eigenvalue weighted by Crippen LogP contribution is -2.37. The lowest BCUT2D eigenvalue weighted by molar-refractivity contribution is -0.116. The zero-order valence-electron chi connectivity index (χ0n) is 11.7. The van der Waals surface area contributed by atoms with Crippen molar-refractivity contribution in [2.75, 3.05) is 11.4 Å². The maximum absolute atomic E-state index is 12.6. The van der Waals surface area contributed by atoms with Gasteiger partial charge in [0.15, 0.2) is 5.78 Å². The Morgan fingerprint density at radius 3 is 2.43 bits per heavy atom. The summed E-state index contributed by atoms with van der Waals surface area (Å²) in [5, 5.41) is 0. The Morgan fingerprint density at radius 2 is 1.71 bits per heavy atom. The Kier molecular flexibility index (Phi) is 3.40. The van der Waals surface area contributed by atoms with Gasteiger partial charge in [-0.25, -0.2) is 0 Å². The van der Waals surface area contributed by atoms with Crippen LogP contribution in [-0.4, -0.2) is 18.2 Å². The summed E-state index contributed by atoms with van der Waals surface area (Å²) in [6.07, 6.45) is 1.86. The van der Waals surface area contributed by atoms with Gasteiger partial charge in [0.25, 0.3) is 0 Å². The first-order valence-electron chi connectivity index (χ1n) is 6.84. The van der Waals surface area contributed by atoms with Crippen LogP contribution < -0.4 is 4.90 Å². The summed E-state index contributed by atoms with van der Waals surface area (Å²) in [6, 6.07) is 16.9. The molecule has 0 radical (unpaired) electrons. The molecule has 0 fully saturated rings. The molecule has 1 amide bonds. The van der Waals surface area contributed by atoms with Crippen LogP contribution >= 0.6 is 0 Å². The highest BCUT2D eigenvalue weighted by Crippen LogP contribution is 2.30. The molecule has 2 aromatic rings. The number of rotatable bonds is 1. The number of benzene rings is 2. The zero-order valence-corrected chi connectivity index (χ0v) is 11.7. The number of hydrogen-bond donors (Lipinski definition) is 0. The highest BCUT2D eigenvalue weighted by Gasteiger charge is 2.28. The molecule has 3 nitrogen and oxygen atoms in total. The molecule has 0 spiro atoms. The van der Waals surface area contributed by atoms with Crippen LogP contribution in [0.3, 0.4) is 0 Å². The van der Waals surface area contributed by atoms with Crippen molar-refractivity contribution in [3.8, 4) is 0 Å². The molecule has 3 rings (SSSR count). The molecule has 0 unspecified atom stereocenters. The first kappa shape index (κ1) is 13.3. The lowest BCUT2D eigenvalue weighted by Gasteiger charge is -2.29. The van der Waals surface area contributed by atoms with Crippen LogP contribution in [0.15, 0.2) is 60.2 Å². The van der Waals surface area contributed by atoms with Crippen molar-refractivity contribution in [2.45, 2.75) is 6.92 Å². The van der Waals surface area contributed by atoms with Gasteiger partial charge in [-0.05, 0) is 23.8 Å². The summed E-state index contributed by atoms with van der Waals surface area (Å²) in [7, 11) is 0. The monoisotopic (exact) mass is 277 g/mol. The average molecular weight is 277 g/mol. The van der Waals surface area contributed by atoms with Crippen molar-refractivity contribution in [2.24, 2.45) is 0 Å². The van der Waals surface area contributed by atoms with Crippen LogP contribution in [0.1, 0.15) is 22.8 Å². The molecule has 2 aromatic carbocycles. The Balaban J connectivity index is 2.08. The molecule has 21 heavy (non-hydrogen) atoms. The highest BCUT2D eigenvalue weighted by molar-refractivity contribution is 6.19. The first-order valence-corrected chi connectivity index (χ1v) is 6.84. The van der Waals surface area contributed by atoms with Gasteiger partial charge in [-0.2, -0.15) is 0 Å². The lowest BCUT2D eigenvalue weighted by atomic mass is 9.94. The molecule has 1 heterocycles. The van der Waals surface area contributed by atoms with Gasteiger partial charge in [-0.15, -0.1) is 0 Å². The molecular formula is C18H15NO2. The van der Waals surface area contributed by atoms with Crippen molar-refractivity contribution < 1.29 is 9.59 Å². The van der Waals surface area contributed by atoms with Gasteiger partial charge in [-0.1, -0.05) is 42.5 Å². The topological polar surface area (TPSA) is 37.4 Å². The average Bonchev–Trinajstić information content (AvgIpc) is 2.51. The molecule has 0 N–H and O–H groups in total. The van der Waals surface area contributed by atoms with Crippen LogP contribution in [0.25, 0.3) is 6.08 Å². The van der Waals surface area contributed by atoms with Gasteiger partial charge in [-0.3, -0.25) is 9.59 Å². The van der Waals surface area contributed by atoms with E-state index in [9.17, 15) is 9.59 Å². The van der Waals surface area contributed by atoms with E-state index in [-0.39, 0.29) is 11.7 Å². The molecule has 0 saturated heterocycles. The summed E-state index contributed by atoms with van der Waals surface area (Å²) >= 11 is 0. The third-order valence-electron chi connectivity index (χ3n) is 3.58. The fourth-order valence-corrected chi connectivity index (χ4v) is 2.54. The zero-order chi connectivity index (χ0) is 14.8. The predicted octanol–water partition coefficient (Wildman–Crippen LogP) is 3.32. The van der Waals surface area contributed by atoms with Gasteiger partial charge in [0.05, 0.1) is 12.2 Å². The second-order valence-corrected chi connectivity index (χ2v) is 5.03. The molecule has 0 aromatic heterocycles. The number of carbonyl (C=O) groups is 2. The SMILES string of the molecule is CC(=O)N1CC(=Cc2ccccc2)C(=O)c2ccccc21. The fourth-order valence-electron chi connectivity index (χ4n) is 2.54. The molecule has 0 aliphatic carbocycles. The maximum Gasteiger partial charge on any atom is 0.224 e. The van der Waals surface area contributed by atoms with E-state index in [1.807, 2.05) is 54.6 Å². The van der Waals surface area contributed by atoms with Crippen LogP contribution in [0.2, 0.25) is 0 Å². The van der Waals surface area contributed by atoms with Gasteiger partial charge < -0.3 is 4.90 Å². The second kappa shape index (κ2) is 5.37. The van der Waals surface area contributed by atoms with E-state index in [0.29, 0.717) is 23.4 Å². The number of para-hydroxylation sites is 1. The van der Waals surface area contributed by atoms with E-state index >= 15 is 0 Å². The second-order valence-electron chi connectivity index (χ2n) is 5.03. The largest absolute Gasteiger partial charge is 0.307 e. The number of fused-ring (bicyclic) bond motifs is 1. The summed E-state index contributed by atoms with van der Waals surface area (Å²) in [4.78, 5) is 26.1. The number of Topliss-reactive ketones (excluding diaryl/α,β-unsaturated/α-hetero) is 1. The minimum Gasteiger partial charge on any atom is -0.307 e. The van der Waals surface area contributed by atoms with Gasteiger partial charge >= 0.3 is 0 Å². The van der Waals surface area contributed by atoms with E-state index in [2.05, 4.69) is 0 Å². The third-order valence-corrected chi connectivity index (χ3v) is 3.58. The van der Waals surface area contributed by atoms with Crippen LogP contribution in [-0.2, 0) is 4.79 Å². The molecule has 1 aliphatic rings. The number of amides is 1. The molecule has 104 valence electrons. The van der Waals surface area contributed by atoms with Crippen LogP contribution in [0.4, 0.5) is 5.69 Å². The highest BCUT2D eigenvalue weighted by atomic mass is 16.2. The molecule has 0 saturated carbocycles. The Morgan fingerprint density at radius 1 is 1.05 bits per heavy atom. The quantitative estimate of drug-likeness (QED) is 0.750. The summed E-state index contributed by atoms with van der Waals surface area (Å²) in [6.45, 7) is 1.84. The van der Waals surface area contributed by atoms with Crippen LogP contribution in [0, 0.1) is 0 Å². The summed E-state index contributed by atoms with van der Waals surface area (Å²) < 4.78 is 0. The minimum atomic E-state index is -0.0612. The molecule has 0 atom stereocenters. The van der Waals surface area contributed by atoms with E-state index in [1.165, 1.54) is 6.92 Å². The standard InChI is InChI=1S/C18H15NO2/c1-13(20)19-12-15(11-14-7-3-2-4-8-14)18(21)16-9-5-6-10-17(16)19/h2-11H,12H2,1H3. The van der Waals surface area contributed by atoms with E-state index < -0.39 is 0 Å². The molecular weight excluding hydrogens is 262 g/mol. The molecule has 1 aliphatic heterocycles. The van der Waals surface area contributed by atoms with E-state index in [0.717, 1.165) is 5.56 Å². The Hall–Kier alpha value is -2.68. The number of ketones is 1. The van der Waals surface area contributed by atoms with E-state index in [4.69, 9.17) is 0 Å². The Bertz CT molecular complexity index is 732. The smallest absolute Gasteiger partial charge is 0.224 e. The molecule has 0 bridgehead atoms. The van der Waals surface area contributed by atoms with Gasteiger partial charge in [0.1, 0.15) is 0 Å². The van der Waals surface area contributed by atoms with Crippen molar-refractivity contribution in [1.29, 1.82) is 0 Å². The Labute approximate surface area is 123 Å². The number of carbonyl (C=O) groups excluding carboxylic acids is 2. The maximum atomic E-state index is 12.6. The molecule has 3 heteroatoms. The van der Waals surface area contributed by atoms with Crippen molar-refractivity contribution in [3.05, 3.63) is 71.3 Å². The normalized spacial score (nSPS) is 16.0. The van der Waals surface area contributed by atoms with Gasteiger partial charge in [0, 0.05) is 18.1 Å². The summed E-state index contributed by atoms with van der Waals surface area (Å²) in [5.41, 5.74) is 2.88. The first-order chi connectivity index (χ1) is 10.2. The van der Waals surface area contributed by atoms with Crippen LogP contribution in [0.5, 0.6) is 0 Å². The van der Waals surface area contributed by atoms with Crippen molar-refractivity contribution >= 4 is 23.5 Å². The van der Waals surface area contributed by atoms with Gasteiger partial charge in [0.2, 0.25) is 5.91 Å². The van der Waals surface area contributed by atoms with Crippen molar-refractivity contribution in [1.82, 2.24) is 0 Å². The fraction of sp³-hybridized carbons (Fsp3) is 0.111. The minimum absolute atomic E-state index is 0.00745. The predicted molar refractivity (Wildman–Crippen MR) is 83.2 cm³/mol. The third kappa shape index (κ3) is 2.50. The number of nitrogens with zero attached hydrogens (tertiary/aromatic N) is 1. The number of anilines is 1. The summed E-state index contributed by atoms with van der Waals surface area (Å²) in [5.74, 6) is -0.0686. The number of hydrogen-bond acceptors (Lipinski definition) is 2.